The number of alkyl halides is 1. The summed E-state index contributed by atoms with van der Waals surface area (Å²) in [5.41, 5.74) is -0.704. The number of ketones is 1. The van der Waals surface area contributed by atoms with Crippen LogP contribution in [0.2, 0.25) is 0 Å². The topological polar surface area (TPSA) is 65.1 Å². The van der Waals surface area contributed by atoms with E-state index in [-0.39, 0.29) is 17.6 Å². The molecule has 0 atom stereocenters. The number of carbonyl (C=O) groups excluding carboxylic acids is 2. The maximum atomic E-state index is 12.8. The van der Waals surface area contributed by atoms with Gasteiger partial charge in [-0.25, -0.2) is 0 Å². The fraction of sp³-hybridized carbons (Fsp3) is 0.600. The van der Waals surface area contributed by atoms with E-state index in [0.717, 1.165) is 0 Å². The quantitative estimate of drug-likeness (QED) is 0.732. The van der Waals surface area contributed by atoms with Crippen molar-refractivity contribution in [2.75, 3.05) is 33.2 Å². The van der Waals surface area contributed by atoms with Gasteiger partial charge in [-0.2, -0.15) is 0 Å². The molecular weight excluding hydrogens is 370 g/mol. The molecular formula is C20H26ClNO5. The van der Waals surface area contributed by atoms with Crippen LogP contribution in [0.4, 0.5) is 0 Å². The van der Waals surface area contributed by atoms with Gasteiger partial charge in [0.25, 0.3) is 0 Å². The minimum absolute atomic E-state index is 0.0260. The third-order valence-electron chi connectivity index (χ3n) is 5.48. The number of fused-ring (bicyclic) bond motifs is 1. The second-order valence-electron chi connectivity index (χ2n) is 7.87. The number of piperidine rings is 1. The third kappa shape index (κ3) is 3.47. The van der Waals surface area contributed by atoms with E-state index < -0.39 is 11.0 Å². The van der Waals surface area contributed by atoms with Gasteiger partial charge in [-0.15, -0.1) is 11.6 Å². The van der Waals surface area contributed by atoms with E-state index in [2.05, 4.69) is 0 Å². The molecule has 1 fully saturated rings. The molecule has 1 saturated heterocycles. The summed E-state index contributed by atoms with van der Waals surface area (Å²) in [6.07, 6.45) is 1.47. The zero-order chi connectivity index (χ0) is 19.8. The van der Waals surface area contributed by atoms with Gasteiger partial charge < -0.3 is 19.1 Å². The van der Waals surface area contributed by atoms with Crippen LogP contribution in [-0.4, -0.2) is 55.4 Å². The lowest BCUT2D eigenvalue weighted by Gasteiger charge is -2.45. The molecule has 6 nitrogen and oxygen atoms in total. The Hall–Kier alpha value is -1.95. The predicted molar refractivity (Wildman–Crippen MR) is 102 cm³/mol. The van der Waals surface area contributed by atoms with E-state index in [1.165, 1.54) is 7.11 Å². The Morgan fingerprint density at radius 1 is 1.26 bits per heavy atom. The van der Waals surface area contributed by atoms with Gasteiger partial charge in [0.1, 0.15) is 5.60 Å². The number of likely N-dealkylation sites (tertiary alicyclic amines) is 1. The molecule has 0 saturated carbocycles. The summed E-state index contributed by atoms with van der Waals surface area (Å²) in [6.45, 7) is 4.77. The average molecular weight is 396 g/mol. The number of Topliss-reactive ketones (excluding diaryl/α,β-unsaturated/α-hetero) is 1. The van der Waals surface area contributed by atoms with Crippen LogP contribution in [0, 0.1) is 5.41 Å². The number of rotatable bonds is 4. The Morgan fingerprint density at radius 2 is 1.93 bits per heavy atom. The van der Waals surface area contributed by atoms with Crippen LogP contribution in [0.15, 0.2) is 12.1 Å². The van der Waals surface area contributed by atoms with E-state index in [9.17, 15) is 9.59 Å². The fourth-order valence-corrected chi connectivity index (χ4v) is 3.86. The zero-order valence-corrected chi connectivity index (χ0v) is 17.0. The molecule has 3 rings (SSSR count). The lowest BCUT2D eigenvalue weighted by Crippen LogP contribution is -2.54. The Morgan fingerprint density at radius 3 is 2.48 bits per heavy atom. The van der Waals surface area contributed by atoms with Gasteiger partial charge in [-0.1, -0.05) is 0 Å². The minimum atomic E-state index is -0.619. The van der Waals surface area contributed by atoms with E-state index in [1.807, 2.05) is 18.7 Å². The molecule has 2 aliphatic heterocycles. The standard InChI is InChI=1S/C20H26ClNO5/c1-19(2,12-21)18(24)22-9-7-20(8-10-22)11-14(23)13-5-6-15(25-3)17(26-4)16(13)27-20/h5-6H,7-12H2,1-4H3. The Bertz CT molecular complexity index is 753. The number of benzene rings is 1. The van der Waals surface area contributed by atoms with Crippen molar-refractivity contribution < 1.29 is 23.8 Å². The van der Waals surface area contributed by atoms with Crippen molar-refractivity contribution in [3.05, 3.63) is 17.7 Å². The van der Waals surface area contributed by atoms with Crippen LogP contribution in [0.1, 0.15) is 43.5 Å². The summed E-state index contributed by atoms with van der Waals surface area (Å²) in [7, 11) is 3.08. The fourth-order valence-electron chi connectivity index (χ4n) is 3.74. The van der Waals surface area contributed by atoms with Crippen LogP contribution >= 0.6 is 11.6 Å². The minimum Gasteiger partial charge on any atom is -0.493 e. The highest BCUT2D eigenvalue weighted by molar-refractivity contribution is 6.19. The molecule has 1 aromatic rings. The van der Waals surface area contributed by atoms with Gasteiger partial charge in [-0.05, 0) is 26.0 Å². The number of hydrogen-bond acceptors (Lipinski definition) is 5. The van der Waals surface area contributed by atoms with Crippen LogP contribution < -0.4 is 14.2 Å². The third-order valence-corrected chi connectivity index (χ3v) is 6.14. The molecule has 27 heavy (non-hydrogen) atoms. The van der Waals surface area contributed by atoms with E-state index in [0.29, 0.717) is 55.2 Å². The summed E-state index contributed by atoms with van der Waals surface area (Å²) >= 11 is 5.94. The highest BCUT2D eigenvalue weighted by Gasteiger charge is 2.46. The Labute approximate surface area is 164 Å². The van der Waals surface area contributed by atoms with Gasteiger partial charge in [0, 0.05) is 31.8 Å². The molecule has 7 heteroatoms. The number of methoxy groups -OCH3 is 2. The molecule has 0 aromatic heterocycles. The first kappa shape index (κ1) is 19.8. The first-order valence-electron chi connectivity index (χ1n) is 9.09. The maximum absolute atomic E-state index is 12.8. The number of carbonyl (C=O) groups is 2. The van der Waals surface area contributed by atoms with Crippen molar-refractivity contribution in [3.63, 3.8) is 0 Å². The largest absolute Gasteiger partial charge is 0.493 e. The first-order chi connectivity index (χ1) is 12.8. The molecule has 0 radical (unpaired) electrons. The van der Waals surface area contributed by atoms with Crippen LogP contribution in [0.25, 0.3) is 0 Å². The van der Waals surface area contributed by atoms with Gasteiger partial charge in [0.15, 0.2) is 17.3 Å². The monoisotopic (exact) mass is 395 g/mol. The van der Waals surface area contributed by atoms with Gasteiger partial charge in [0.05, 0.1) is 31.6 Å². The van der Waals surface area contributed by atoms with Gasteiger partial charge in [0.2, 0.25) is 11.7 Å². The molecule has 0 unspecified atom stereocenters. The Balaban J connectivity index is 1.83. The van der Waals surface area contributed by atoms with Crippen molar-refractivity contribution in [1.29, 1.82) is 0 Å². The van der Waals surface area contributed by atoms with Crippen LogP contribution in [0.3, 0.4) is 0 Å². The molecule has 2 aliphatic rings. The lowest BCUT2D eigenvalue weighted by molar-refractivity contribution is -0.142. The van der Waals surface area contributed by atoms with Crippen molar-refractivity contribution in [2.24, 2.45) is 5.41 Å². The Kier molecular flexibility index (Phi) is 5.30. The number of halogens is 1. The van der Waals surface area contributed by atoms with E-state index in [1.54, 1.807) is 19.2 Å². The van der Waals surface area contributed by atoms with Gasteiger partial charge >= 0.3 is 0 Å². The highest BCUT2D eigenvalue weighted by Crippen LogP contribution is 2.48. The number of ether oxygens (including phenoxy) is 3. The van der Waals surface area contributed by atoms with Gasteiger partial charge in [-0.3, -0.25) is 9.59 Å². The van der Waals surface area contributed by atoms with Crippen molar-refractivity contribution in [2.45, 2.75) is 38.7 Å². The molecule has 1 spiro atoms. The summed E-state index contributed by atoms with van der Waals surface area (Å²) in [5, 5.41) is 0. The molecule has 0 aliphatic carbocycles. The number of amides is 1. The summed E-state index contributed by atoms with van der Waals surface area (Å²) in [5.74, 6) is 1.73. The molecule has 2 heterocycles. The van der Waals surface area contributed by atoms with Crippen molar-refractivity contribution in [3.8, 4) is 17.2 Å². The zero-order valence-electron chi connectivity index (χ0n) is 16.3. The molecule has 0 bridgehead atoms. The molecule has 1 amide bonds. The molecule has 0 N–H and O–H groups in total. The molecule has 148 valence electrons. The molecule has 1 aromatic carbocycles. The lowest BCUT2D eigenvalue weighted by atomic mass is 9.81. The normalized spacial score (nSPS) is 18.7. The highest BCUT2D eigenvalue weighted by atomic mass is 35.5. The summed E-state index contributed by atoms with van der Waals surface area (Å²) in [4.78, 5) is 27.3. The van der Waals surface area contributed by atoms with Crippen molar-refractivity contribution >= 4 is 23.3 Å². The SMILES string of the molecule is COc1ccc2c(c1OC)OC1(CCN(C(=O)C(C)(C)CCl)CC1)CC2=O. The smallest absolute Gasteiger partial charge is 0.229 e. The number of nitrogens with zero attached hydrogens (tertiary/aromatic N) is 1. The number of hydrogen-bond donors (Lipinski definition) is 0. The second-order valence-corrected chi connectivity index (χ2v) is 8.14. The van der Waals surface area contributed by atoms with E-state index in [4.69, 9.17) is 25.8 Å². The summed E-state index contributed by atoms with van der Waals surface area (Å²) in [6, 6.07) is 3.43. The van der Waals surface area contributed by atoms with Crippen molar-refractivity contribution in [1.82, 2.24) is 4.90 Å². The predicted octanol–water partition coefficient (Wildman–Crippen LogP) is 3.30. The van der Waals surface area contributed by atoms with E-state index >= 15 is 0 Å². The van der Waals surface area contributed by atoms with Crippen LogP contribution in [-0.2, 0) is 4.79 Å². The second kappa shape index (κ2) is 7.23. The maximum Gasteiger partial charge on any atom is 0.229 e. The van der Waals surface area contributed by atoms with Crippen LogP contribution in [0.5, 0.6) is 17.2 Å². The summed E-state index contributed by atoms with van der Waals surface area (Å²) < 4.78 is 17.1. The average Bonchev–Trinajstić information content (AvgIpc) is 2.67. The first-order valence-corrected chi connectivity index (χ1v) is 9.63.